The Morgan fingerprint density at radius 3 is 2.40 bits per heavy atom. The summed E-state index contributed by atoms with van der Waals surface area (Å²) in [6.07, 6.45) is 3.21. The molecule has 2 aliphatic rings. The number of nitrogens with one attached hydrogen (secondary N) is 4. The van der Waals surface area contributed by atoms with Crippen molar-refractivity contribution in [2.75, 3.05) is 43.8 Å². The molecule has 2 amide bonds. The van der Waals surface area contributed by atoms with E-state index < -0.39 is 15.3 Å². The van der Waals surface area contributed by atoms with Gasteiger partial charge in [-0.25, -0.2) is 8.42 Å². The highest BCUT2D eigenvalue weighted by atomic mass is 32.2. The standard InChI is InChI=1S/C33H46N6O5S/c1-33(2,3)23-18-25(30(44-6)26(19-23)37-45(42,43)24-12-13-24)36-32(41)28-17-21-9-7-10-22(29(21)39(28)5)20-34-14-15-35-31(40)27-11-8-16-38(27)4/h7,9-10,17-19,24,27,34,37H,8,11-16,20H2,1-6H3,(H,35,40)(H,36,41)/t27-/m0/s1. The summed E-state index contributed by atoms with van der Waals surface area (Å²) in [5.41, 5.74) is 3.64. The summed E-state index contributed by atoms with van der Waals surface area (Å²) in [5.74, 6) is -0.00226. The number of hydrogen-bond donors (Lipinski definition) is 4. The van der Waals surface area contributed by atoms with Gasteiger partial charge >= 0.3 is 0 Å². The molecule has 4 N–H and O–H groups in total. The molecule has 1 aliphatic heterocycles. The zero-order chi connectivity index (χ0) is 32.5. The number of nitrogens with zero attached hydrogens (tertiary/aromatic N) is 2. The van der Waals surface area contributed by atoms with Gasteiger partial charge in [-0.3, -0.25) is 19.2 Å². The first kappa shape index (κ1) is 32.8. The maximum absolute atomic E-state index is 13.8. The van der Waals surface area contributed by atoms with Crippen LogP contribution in [0.15, 0.2) is 36.4 Å². The van der Waals surface area contributed by atoms with E-state index in [0.29, 0.717) is 49.5 Å². The molecule has 3 aromatic rings. The minimum Gasteiger partial charge on any atom is -0.492 e. The third kappa shape index (κ3) is 7.29. The van der Waals surface area contributed by atoms with Crippen molar-refractivity contribution >= 4 is 44.1 Å². The SMILES string of the molecule is COc1c(NC(=O)c2cc3cccc(CNCCNC(=O)[C@@H]4CCCN4C)c3n2C)cc(C(C)(C)C)cc1NS(=O)(=O)C1CC1. The molecule has 1 saturated carbocycles. The van der Waals surface area contributed by atoms with Crippen molar-refractivity contribution in [1.82, 2.24) is 20.1 Å². The summed E-state index contributed by atoms with van der Waals surface area (Å²) in [6.45, 7) is 8.77. The Kier molecular flexibility index (Phi) is 9.48. The Bertz CT molecular complexity index is 1690. The Balaban J connectivity index is 1.32. The van der Waals surface area contributed by atoms with Gasteiger partial charge in [0.25, 0.3) is 5.91 Å². The number of likely N-dealkylation sites (tertiary alicyclic amines) is 1. The summed E-state index contributed by atoms with van der Waals surface area (Å²) in [4.78, 5) is 28.3. The molecule has 2 aromatic carbocycles. The van der Waals surface area contributed by atoms with Gasteiger partial charge < -0.3 is 25.3 Å². The third-order valence-corrected chi connectivity index (χ3v) is 10.6. The van der Waals surface area contributed by atoms with Gasteiger partial charge in [-0.1, -0.05) is 39.0 Å². The van der Waals surface area contributed by atoms with Crippen LogP contribution in [-0.4, -0.2) is 74.8 Å². The fourth-order valence-corrected chi connectivity index (χ4v) is 7.35. The first-order chi connectivity index (χ1) is 21.3. The molecule has 0 bridgehead atoms. The molecule has 1 saturated heterocycles. The molecule has 2 fully saturated rings. The lowest BCUT2D eigenvalue weighted by Gasteiger charge is -2.24. The topological polar surface area (TPSA) is 134 Å². The second-order valence-corrected chi connectivity index (χ2v) is 15.2. The third-order valence-electron chi connectivity index (χ3n) is 8.73. The number of aromatic nitrogens is 1. The van der Waals surface area contributed by atoms with Crippen LogP contribution in [0.1, 0.15) is 68.1 Å². The summed E-state index contributed by atoms with van der Waals surface area (Å²) in [5, 5.41) is 9.96. The molecular weight excluding hydrogens is 592 g/mol. The molecule has 2 heterocycles. The van der Waals surface area contributed by atoms with Gasteiger partial charge in [0.1, 0.15) is 5.69 Å². The molecular formula is C33H46N6O5S. The Morgan fingerprint density at radius 2 is 1.76 bits per heavy atom. The van der Waals surface area contributed by atoms with E-state index in [-0.39, 0.29) is 29.0 Å². The predicted molar refractivity (Wildman–Crippen MR) is 178 cm³/mol. The first-order valence-electron chi connectivity index (χ1n) is 15.6. The maximum Gasteiger partial charge on any atom is 0.272 e. The zero-order valence-electron chi connectivity index (χ0n) is 27.1. The van der Waals surface area contributed by atoms with E-state index in [1.54, 1.807) is 6.07 Å². The number of sulfonamides is 1. The largest absolute Gasteiger partial charge is 0.492 e. The van der Waals surface area contributed by atoms with Gasteiger partial charge in [0.2, 0.25) is 15.9 Å². The number of carbonyl (C=O) groups is 2. The molecule has 0 unspecified atom stereocenters. The fourth-order valence-electron chi connectivity index (χ4n) is 5.97. The van der Waals surface area contributed by atoms with Crippen LogP contribution < -0.4 is 25.4 Å². The number of hydrogen-bond acceptors (Lipinski definition) is 7. The van der Waals surface area contributed by atoms with E-state index in [1.165, 1.54) is 7.11 Å². The Hall–Kier alpha value is -3.61. The van der Waals surface area contributed by atoms with Gasteiger partial charge in [-0.05, 0) is 74.0 Å². The number of rotatable bonds is 12. The predicted octanol–water partition coefficient (Wildman–Crippen LogP) is 3.94. The lowest BCUT2D eigenvalue weighted by atomic mass is 9.86. The number of carbonyl (C=O) groups excluding carboxylic acids is 2. The van der Waals surface area contributed by atoms with E-state index in [9.17, 15) is 18.0 Å². The summed E-state index contributed by atoms with van der Waals surface area (Å²) < 4.78 is 35.9. The van der Waals surface area contributed by atoms with Crippen molar-refractivity contribution in [3.63, 3.8) is 0 Å². The zero-order valence-corrected chi connectivity index (χ0v) is 27.9. The van der Waals surface area contributed by atoms with Crippen molar-refractivity contribution < 1.29 is 22.7 Å². The molecule has 1 atom stereocenters. The summed E-state index contributed by atoms with van der Waals surface area (Å²) in [7, 11) is 1.75. The van der Waals surface area contributed by atoms with E-state index in [2.05, 4.69) is 25.6 Å². The van der Waals surface area contributed by atoms with Crippen LogP contribution in [-0.2, 0) is 33.8 Å². The normalized spacial score (nSPS) is 17.4. The second-order valence-electron chi connectivity index (χ2n) is 13.2. The van der Waals surface area contributed by atoms with Gasteiger partial charge in [0, 0.05) is 32.1 Å². The minimum atomic E-state index is -3.56. The lowest BCUT2D eigenvalue weighted by Crippen LogP contribution is -2.43. The van der Waals surface area contributed by atoms with Crippen molar-refractivity contribution in [1.29, 1.82) is 0 Å². The van der Waals surface area contributed by atoms with Gasteiger partial charge in [-0.15, -0.1) is 0 Å². The number of anilines is 2. The number of amides is 2. The Morgan fingerprint density at radius 1 is 1.02 bits per heavy atom. The van der Waals surface area contributed by atoms with Gasteiger partial charge in [0.05, 0.1) is 35.3 Å². The van der Waals surface area contributed by atoms with E-state index in [1.807, 2.05) is 69.8 Å². The number of methoxy groups -OCH3 is 1. The van der Waals surface area contributed by atoms with Gasteiger partial charge in [0.15, 0.2) is 5.75 Å². The number of benzene rings is 2. The van der Waals surface area contributed by atoms with Crippen molar-refractivity contribution in [2.24, 2.45) is 7.05 Å². The van der Waals surface area contributed by atoms with Crippen molar-refractivity contribution in [3.8, 4) is 5.75 Å². The summed E-state index contributed by atoms with van der Waals surface area (Å²) in [6, 6.07) is 11.4. The highest BCUT2D eigenvalue weighted by Gasteiger charge is 2.37. The molecule has 0 spiro atoms. The van der Waals surface area contributed by atoms with Crippen LogP contribution in [0.4, 0.5) is 11.4 Å². The molecule has 0 radical (unpaired) electrons. The monoisotopic (exact) mass is 638 g/mol. The molecule has 1 aromatic heterocycles. The first-order valence-corrected chi connectivity index (χ1v) is 17.2. The highest BCUT2D eigenvalue weighted by Crippen LogP contribution is 2.41. The molecule has 1 aliphatic carbocycles. The quantitative estimate of drug-likeness (QED) is 0.221. The van der Waals surface area contributed by atoms with Crippen LogP contribution >= 0.6 is 0 Å². The molecule has 11 nitrogen and oxygen atoms in total. The fraction of sp³-hybridized carbons (Fsp3) is 0.515. The molecule has 12 heteroatoms. The smallest absolute Gasteiger partial charge is 0.272 e. The molecule has 45 heavy (non-hydrogen) atoms. The van der Waals surface area contributed by atoms with E-state index in [0.717, 1.165) is 41.4 Å². The highest BCUT2D eigenvalue weighted by molar-refractivity contribution is 7.93. The lowest BCUT2D eigenvalue weighted by molar-refractivity contribution is -0.125. The van der Waals surface area contributed by atoms with Crippen LogP contribution in [0, 0.1) is 0 Å². The van der Waals surface area contributed by atoms with Gasteiger partial charge in [-0.2, -0.15) is 0 Å². The van der Waals surface area contributed by atoms with Crippen molar-refractivity contribution in [3.05, 3.63) is 53.2 Å². The number of likely N-dealkylation sites (N-methyl/N-ethyl adjacent to an activating group) is 1. The van der Waals surface area contributed by atoms with Crippen LogP contribution in [0.25, 0.3) is 10.9 Å². The maximum atomic E-state index is 13.8. The number of aryl methyl sites for hydroxylation is 1. The molecule has 244 valence electrons. The van der Waals surface area contributed by atoms with E-state index in [4.69, 9.17) is 4.74 Å². The van der Waals surface area contributed by atoms with Crippen molar-refractivity contribution in [2.45, 2.75) is 69.7 Å². The number of fused-ring (bicyclic) bond motifs is 1. The molecule has 5 rings (SSSR count). The minimum absolute atomic E-state index is 0.0405. The van der Waals surface area contributed by atoms with Crippen LogP contribution in [0.2, 0.25) is 0 Å². The number of para-hydroxylation sites is 1. The summed E-state index contributed by atoms with van der Waals surface area (Å²) >= 11 is 0. The van der Waals surface area contributed by atoms with E-state index >= 15 is 0 Å². The van der Waals surface area contributed by atoms with Crippen LogP contribution in [0.5, 0.6) is 5.75 Å². The second kappa shape index (κ2) is 13.0. The van der Waals surface area contributed by atoms with Crippen LogP contribution in [0.3, 0.4) is 0 Å². The average molecular weight is 639 g/mol. The number of ether oxygens (including phenoxy) is 1. The average Bonchev–Trinajstić information content (AvgIpc) is 3.68. The Labute approximate surface area is 266 Å².